The Bertz CT molecular complexity index is 381. The lowest BCUT2D eigenvalue weighted by molar-refractivity contribution is 0.0594. The van der Waals surface area contributed by atoms with Gasteiger partial charge in [0.05, 0.1) is 26.9 Å². The van der Waals surface area contributed by atoms with Crippen molar-refractivity contribution < 1.29 is 19.0 Å². The van der Waals surface area contributed by atoms with Crippen LogP contribution in [0.4, 0.5) is 5.13 Å². The highest BCUT2D eigenvalue weighted by Gasteiger charge is 2.15. The number of anilines is 1. The lowest BCUT2D eigenvalue weighted by Gasteiger charge is -2.03. The number of thiazole rings is 1. The molecule has 1 rings (SSSR count). The van der Waals surface area contributed by atoms with E-state index in [-0.39, 0.29) is 0 Å². The standard InChI is InChI=1S/C11H18N2O4S/c1-8-9(10(14)16-3)13-11(18-8)12-4-5-17-7-6-15-2/h4-7H2,1-3H3,(H,12,13). The number of hydrogen-bond donors (Lipinski definition) is 1. The lowest BCUT2D eigenvalue weighted by Crippen LogP contribution is -2.12. The van der Waals surface area contributed by atoms with Gasteiger partial charge in [-0.3, -0.25) is 0 Å². The minimum absolute atomic E-state index is 0.366. The molecule has 18 heavy (non-hydrogen) atoms. The summed E-state index contributed by atoms with van der Waals surface area (Å²) in [6, 6.07) is 0. The van der Waals surface area contributed by atoms with E-state index in [4.69, 9.17) is 9.47 Å². The van der Waals surface area contributed by atoms with E-state index < -0.39 is 5.97 Å². The Hall–Kier alpha value is -1.18. The number of carbonyl (C=O) groups is 1. The first-order valence-corrected chi connectivity index (χ1v) is 6.37. The number of aryl methyl sites for hydroxylation is 1. The zero-order valence-electron chi connectivity index (χ0n) is 10.8. The fourth-order valence-electron chi connectivity index (χ4n) is 1.23. The fraction of sp³-hybridized carbons (Fsp3) is 0.636. The number of ether oxygens (including phenoxy) is 3. The number of carbonyl (C=O) groups excluding carboxylic acids is 1. The van der Waals surface area contributed by atoms with Crippen LogP contribution in [0, 0.1) is 6.92 Å². The summed E-state index contributed by atoms with van der Waals surface area (Å²) in [4.78, 5) is 16.4. The average molecular weight is 274 g/mol. The van der Waals surface area contributed by atoms with E-state index in [1.54, 1.807) is 7.11 Å². The topological polar surface area (TPSA) is 69.7 Å². The van der Waals surface area contributed by atoms with Crippen molar-refractivity contribution in [1.82, 2.24) is 4.98 Å². The summed E-state index contributed by atoms with van der Waals surface area (Å²) in [5.41, 5.74) is 0.366. The lowest BCUT2D eigenvalue weighted by atomic mass is 10.4. The van der Waals surface area contributed by atoms with Crippen molar-refractivity contribution in [3.63, 3.8) is 0 Å². The van der Waals surface area contributed by atoms with E-state index in [0.29, 0.717) is 37.2 Å². The first kappa shape index (κ1) is 14.9. The van der Waals surface area contributed by atoms with Gasteiger partial charge >= 0.3 is 5.97 Å². The Labute approximate surface area is 110 Å². The molecule has 0 aliphatic rings. The van der Waals surface area contributed by atoms with E-state index in [0.717, 1.165) is 4.88 Å². The molecule has 0 unspecified atom stereocenters. The highest BCUT2D eigenvalue weighted by Crippen LogP contribution is 2.22. The zero-order chi connectivity index (χ0) is 13.4. The molecule has 0 saturated heterocycles. The van der Waals surface area contributed by atoms with Crippen molar-refractivity contribution in [3.05, 3.63) is 10.6 Å². The second-order valence-electron chi connectivity index (χ2n) is 3.45. The number of rotatable bonds is 8. The van der Waals surface area contributed by atoms with Crippen LogP contribution in [0.25, 0.3) is 0 Å². The highest BCUT2D eigenvalue weighted by atomic mass is 32.1. The molecule has 0 fully saturated rings. The summed E-state index contributed by atoms with van der Waals surface area (Å²) in [5.74, 6) is -0.409. The number of nitrogens with one attached hydrogen (secondary N) is 1. The molecule has 1 aromatic heterocycles. The maximum Gasteiger partial charge on any atom is 0.357 e. The summed E-state index contributed by atoms with van der Waals surface area (Å²) in [5, 5.41) is 3.79. The van der Waals surface area contributed by atoms with Crippen molar-refractivity contribution in [2.24, 2.45) is 0 Å². The first-order valence-electron chi connectivity index (χ1n) is 5.55. The van der Waals surface area contributed by atoms with Gasteiger partial charge in [-0.1, -0.05) is 0 Å². The van der Waals surface area contributed by atoms with Crippen LogP contribution in [-0.2, 0) is 14.2 Å². The fourth-order valence-corrected chi connectivity index (χ4v) is 2.06. The maximum atomic E-state index is 11.4. The van der Waals surface area contributed by atoms with Crippen LogP contribution in [-0.4, -0.2) is 51.5 Å². The molecule has 0 aliphatic heterocycles. The molecular formula is C11H18N2O4S. The van der Waals surface area contributed by atoms with Gasteiger partial charge in [0.15, 0.2) is 10.8 Å². The number of hydrogen-bond acceptors (Lipinski definition) is 7. The summed E-state index contributed by atoms with van der Waals surface area (Å²) in [7, 11) is 2.98. The van der Waals surface area contributed by atoms with Gasteiger partial charge < -0.3 is 19.5 Å². The summed E-state index contributed by atoms with van der Waals surface area (Å²) < 4.78 is 14.8. The van der Waals surface area contributed by atoms with E-state index in [1.807, 2.05) is 6.92 Å². The monoisotopic (exact) mass is 274 g/mol. The Kier molecular flexibility index (Phi) is 6.63. The van der Waals surface area contributed by atoms with Crippen LogP contribution in [0.5, 0.6) is 0 Å². The van der Waals surface area contributed by atoms with Crippen molar-refractivity contribution in [1.29, 1.82) is 0 Å². The van der Waals surface area contributed by atoms with Crippen molar-refractivity contribution >= 4 is 22.4 Å². The number of methoxy groups -OCH3 is 2. The van der Waals surface area contributed by atoms with Gasteiger partial charge in [0, 0.05) is 18.5 Å². The molecule has 0 spiro atoms. The van der Waals surface area contributed by atoms with E-state index in [2.05, 4.69) is 15.0 Å². The van der Waals surface area contributed by atoms with Gasteiger partial charge in [-0.2, -0.15) is 0 Å². The summed E-state index contributed by atoms with van der Waals surface area (Å²) in [6.07, 6.45) is 0. The van der Waals surface area contributed by atoms with Crippen LogP contribution in [0.15, 0.2) is 0 Å². The van der Waals surface area contributed by atoms with Gasteiger partial charge in [-0.05, 0) is 6.92 Å². The van der Waals surface area contributed by atoms with Crippen molar-refractivity contribution in [2.75, 3.05) is 45.9 Å². The minimum Gasteiger partial charge on any atom is -0.464 e. The molecule has 7 heteroatoms. The third-order valence-corrected chi connectivity index (χ3v) is 3.06. The Morgan fingerprint density at radius 2 is 2.11 bits per heavy atom. The normalized spacial score (nSPS) is 10.4. The molecule has 0 bridgehead atoms. The van der Waals surface area contributed by atoms with Gasteiger partial charge in [0.25, 0.3) is 0 Å². The molecule has 0 aliphatic carbocycles. The van der Waals surface area contributed by atoms with Gasteiger partial charge in [-0.25, -0.2) is 9.78 Å². The quantitative estimate of drug-likeness (QED) is 0.569. The zero-order valence-corrected chi connectivity index (χ0v) is 11.6. The molecule has 1 aromatic rings. The Morgan fingerprint density at radius 1 is 1.33 bits per heavy atom. The molecular weight excluding hydrogens is 256 g/mol. The number of esters is 1. The Balaban J connectivity index is 2.33. The predicted octanol–water partition coefficient (Wildman–Crippen LogP) is 1.31. The van der Waals surface area contributed by atoms with Crippen molar-refractivity contribution in [3.8, 4) is 0 Å². The van der Waals surface area contributed by atoms with Gasteiger partial charge in [0.2, 0.25) is 0 Å². The van der Waals surface area contributed by atoms with Crippen LogP contribution < -0.4 is 5.32 Å². The second kappa shape index (κ2) is 8.02. The molecule has 0 atom stereocenters. The predicted molar refractivity (Wildman–Crippen MR) is 69.4 cm³/mol. The maximum absolute atomic E-state index is 11.4. The third kappa shape index (κ3) is 4.59. The third-order valence-electron chi connectivity index (χ3n) is 2.13. The largest absolute Gasteiger partial charge is 0.464 e. The van der Waals surface area contributed by atoms with Gasteiger partial charge in [-0.15, -0.1) is 11.3 Å². The second-order valence-corrected chi connectivity index (χ2v) is 4.65. The van der Waals surface area contributed by atoms with Crippen LogP contribution in [0.3, 0.4) is 0 Å². The minimum atomic E-state index is -0.409. The van der Waals surface area contributed by atoms with E-state index in [9.17, 15) is 4.79 Å². The molecule has 102 valence electrons. The summed E-state index contributed by atoms with van der Waals surface area (Å²) in [6.45, 7) is 4.20. The molecule has 1 N–H and O–H groups in total. The van der Waals surface area contributed by atoms with E-state index >= 15 is 0 Å². The SMILES string of the molecule is COCCOCCNc1nc(C(=O)OC)c(C)s1. The van der Waals surface area contributed by atoms with Crippen LogP contribution >= 0.6 is 11.3 Å². The average Bonchev–Trinajstić information content (AvgIpc) is 2.74. The first-order chi connectivity index (χ1) is 8.69. The molecule has 0 aromatic carbocycles. The van der Waals surface area contributed by atoms with Crippen molar-refractivity contribution in [2.45, 2.75) is 6.92 Å². The molecule has 6 nitrogen and oxygen atoms in total. The smallest absolute Gasteiger partial charge is 0.357 e. The Morgan fingerprint density at radius 3 is 2.78 bits per heavy atom. The molecule has 1 heterocycles. The molecule has 0 amide bonds. The number of nitrogens with zero attached hydrogens (tertiary/aromatic N) is 1. The van der Waals surface area contributed by atoms with Gasteiger partial charge in [0.1, 0.15) is 0 Å². The summed E-state index contributed by atoms with van der Waals surface area (Å²) >= 11 is 1.42. The van der Waals surface area contributed by atoms with Crippen LogP contribution in [0.2, 0.25) is 0 Å². The number of aromatic nitrogens is 1. The molecule has 0 radical (unpaired) electrons. The van der Waals surface area contributed by atoms with Crippen LogP contribution in [0.1, 0.15) is 15.4 Å². The molecule has 0 saturated carbocycles. The van der Waals surface area contributed by atoms with E-state index in [1.165, 1.54) is 18.4 Å². The highest BCUT2D eigenvalue weighted by molar-refractivity contribution is 7.15.